The van der Waals surface area contributed by atoms with Gasteiger partial charge in [0.25, 0.3) is 0 Å². The van der Waals surface area contributed by atoms with Crippen molar-refractivity contribution in [1.82, 2.24) is 4.98 Å². The fraction of sp³-hybridized carbons (Fsp3) is 0.0333. The number of nitrogens with one attached hydrogen (secondary N) is 1. The summed E-state index contributed by atoms with van der Waals surface area (Å²) in [4.78, 5) is 4.22. The third-order valence-corrected chi connectivity index (χ3v) is 6.32. The Kier molecular flexibility index (Phi) is 5.25. The quantitative estimate of drug-likeness (QED) is 0.293. The Morgan fingerprint density at radius 3 is 2.06 bits per heavy atom. The Labute approximate surface area is 203 Å². The summed E-state index contributed by atoms with van der Waals surface area (Å²) in [7, 11) is 0. The molecule has 34 heavy (non-hydrogen) atoms. The maximum atomic E-state index is 6.47. The molecule has 4 aromatic carbocycles. The van der Waals surface area contributed by atoms with Gasteiger partial charge in [-0.05, 0) is 39.9 Å². The average molecular weight is 461 g/mol. The van der Waals surface area contributed by atoms with Crippen LogP contribution >= 0.6 is 11.6 Å². The number of hydrogen-bond acceptors (Lipinski definition) is 3. The molecule has 0 saturated heterocycles. The van der Waals surface area contributed by atoms with Crippen LogP contribution in [0.1, 0.15) is 11.8 Å². The normalized spacial score (nSPS) is 14.2. The molecule has 1 aliphatic heterocycles. The lowest BCUT2D eigenvalue weighted by Crippen LogP contribution is -2.10. The third-order valence-electron chi connectivity index (χ3n) is 6.10. The van der Waals surface area contributed by atoms with E-state index >= 15 is 0 Å². The van der Waals surface area contributed by atoms with Gasteiger partial charge in [0.1, 0.15) is 5.75 Å². The fourth-order valence-corrected chi connectivity index (χ4v) is 4.56. The lowest BCUT2D eigenvalue weighted by Gasteiger charge is -2.13. The van der Waals surface area contributed by atoms with Crippen molar-refractivity contribution in [2.24, 2.45) is 0 Å². The summed E-state index contributed by atoms with van der Waals surface area (Å²) in [5, 5.41) is 4.21. The number of ether oxygens (including phenoxy) is 1. The lowest BCUT2D eigenvalue weighted by molar-refractivity contribution is 0.260. The molecule has 1 atom stereocenters. The summed E-state index contributed by atoms with van der Waals surface area (Å²) in [6.45, 7) is 0. The van der Waals surface area contributed by atoms with Crippen LogP contribution in [0.3, 0.4) is 0 Å². The fourth-order valence-electron chi connectivity index (χ4n) is 4.35. The van der Waals surface area contributed by atoms with Crippen LogP contribution in [0.5, 0.6) is 5.75 Å². The van der Waals surface area contributed by atoms with Gasteiger partial charge in [-0.1, -0.05) is 96.5 Å². The van der Waals surface area contributed by atoms with E-state index in [-0.39, 0.29) is 6.23 Å². The van der Waals surface area contributed by atoms with E-state index in [9.17, 15) is 0 Å². The van der Waals surface area contributed by atoms with Crippen LogP contribution in [0.25, 0.3) is 33.4 Å². The Balaban J connectivity index is 1.28. The molecular formula is C30H21ClN2O. The summed E-state index contributed by atoms with van der Waals surface area (Å²) in [6, 6.07) is 35.1. The Morgan fingerprint density at radius 1 is 0.676 bits per heavy atom. The molecule has 0 radical (unpaired) electrons. The van der Waals surface area contributed by atoms with Gasteiger partial charge in [-0.15, -0.1) is 0 Å². The van der Waals surface area contributed by atoms with E-state index in [0.717, 1.165) is 39.3 Å². The van der Waals surface area contributed by atoms with Crippen LogP contribution in [-0.2, 0) is 0 Å². The second kappa shape index (κ2) is 8.69. The van der Waals surface area contributed by atoms with Crippen LogP contribution in [0.2, 0.25) is 5.02 Å². The molecular weight excluding hydrogens is 440 g/mol. The number of halogens is 1. The minimum Gasteiger partial charge on any atom is -0.464 e. The number of benzene rings is 4. The second-order valence-corrected chi connectivity index (χ2v) is 8.71. The number of hydrogen-bond donors (Lipinski definition) is 1. The van der Waals surface area contributed by atoms with Gasteiger partial charge in [0.05, 0.1) is 5.69 Å². The first-order valence-electron chi connectivity index (χ1n) is 11.2. The highest BCUT2D eigenvalue weighted by molar-refractivity contribution is 6.31. The van der Waals surface area contributed by atoms with E-state index in [1.54, 1.807) is 6.20 Å². The van der Waals surface area contributed by atoms with Crippen LogP contribution in [0.4, 0.5) is 5.69 Å². The Morgan fingerprint density at radius 2 is 1.32 bits per heavy atom. The summed E-state index contributed by atoms with van der Waals surface area (Å²) >= 11 is 6.47. The van der Waals surface area contributed by atoms with Gasteiger partial charge in [-0.2, -0.15) is 0 Å². The first-order valence-corrected chi connectivity index (χ1v) is 11.6. The van der Waals surface area contributed by atoms with Crippen molar-refractivity contribution in [2.75, 3.05) is 5.32 Å². The molecule has 1 aliphatic rings. The third kappa shape index (κ3) is 3.91. The van der Waals surface area contributed by atoms with Gasteiger partial charge in [0, 0.05) is 34.6 Å². The van der Waals surface area contributed by atoms with Crippen molar-refractivity contribution >= 4 is 17.3 Å². The maximum absolute atomic E-state index is 6.47. The summed E-state index contributed by atoms with van der Waals surface area (Å²) in [6.07, 6.45) is 3.38. The Bertz CT molecular complexity index is 1430. The van der Waals surface area contributed by atoms with E-state index in [4.69, 9.17) is 16.3 Å². The van der Waals surface area contributed by atoms with Gasteiger partial charge in [0.15, 0.2) is 6.23 Å². The summed E-state index contributed by atoms with van der Waals surface area (Å²) in [5.41, 5.74) is 8.69. The zero-order valence-corrected chi connectivity index (χ0v) is 19.0. The predicted molar refractivity (Wildman–Crippen MR) is 139 cm³/mol. The molecule has 0 aliphatic carbocycles. The Hall–Kier alpha value is -4.08. The monoisotopic (exact) mass is 460 g/mol. The number of fused-ring (bicyclic) bond motifs is 1. The van der Waals surface area contributed by atoms with Crippen LogP contribution in [0, 0.1) is 0 Å². The summed E-state index contributed by atoms with van der Waals surface area (Å²) in [5.74, 6) is 0.760. The molecule has 1 aromatic heterocycles. The second-order valence-electron chi connectivity index (χ2n) is 8.28. The van der Waals surface area contributed by atoms with Gasteiger partial charge in [-0.3, -0.25) is 4.98 Å². The highest BCUT2D eigenvalue weighted by Crippen LogP contribution is 2.46. The van der Waals surface area contributed by atoms with Gasteiger partial charge in [0.2, 0.25) is 0 Å². The SMILES string of the molecule is Clc1cc2c(c(-c3ccc(-c4cccnc4)cc3)c1)NC(c1ccc(-c3ccccc3)cc1)O2. The van der Waals surface area contributed by atoms with E-state index < -0.39 is 0 Å². The van der Waals surface area contributed by atoms with Crippen molar-refractivity contribution in [3.05, 3.63) is 126 Å². The molecule has 164 valence electrons. The van der Waals surface area contributed by atoms with E-state index in [0.29, 0.717) is 5.02 Å². The van der Waals surface area contributed by atoms with Crippen molar-refractivity contribution in [3.63, 3.8) is 0 Å². The van der Waals surface area contributed by atoms with Crippen LogP contribution < -0.4 is 10.1 Å². The van der Waals surface area contributed by atoms with Crippen molar-refractivity contribution in [3.8, 4) is 39.1 Å². The highest BCUT2D eigenvalue weighted by atomic mass is 35.5. The van der Waals surface area contributed by atoms with Crippen LogP contribution in [-0.4, -0.2) is 4.98 Å². The minimum atomic E-state index is -0.272. The first kappa shape index (κ1) is 20.5. The molecule has 1 unspecified atom stereocenters. The predicted octanol–water partition coefficient (Wildman–Crippen LogP) is 8.24. The van der Waals surface area contributed by atoms with E-state index in [2.05, 4.69) is 89.2 Å². The van der Waals surface area contributed by atoms with E-state index in [1.165, 1.54) is 11.1 Å². The number of pyridine rings is 1. The summed E-state index contributed by atoms with van der Waals surface area (Å²) < 4.78 is 6.27. The molecule has 5 aromatic rings. The number of aromatic nitrogens is 1. The standard InChI is InChI=1S/C30H21ClN2O/c31-26-17-27(23-12-8-22(9-13-23)25-7-4-16-32-19-25)29-28(18-26)34-30(33-29)24-14-10-21(11-15-24)20-5-2-1-3-6-20/h1-19,30,33H. The topological polar surface area (TPSA) is 34.2 Å². The van der Waals surface area contributed by atoms with Crippen molar-refractivity contribution < 1.29 is 4.74 Å². The molecule has 2 heterocycles. The zero-order valence-electron chi connectivity index (χ0n) is 18.3. The van der Waals surface area contributed by atoms with Gasteiger partial charge in [-0.25, -0.2) is 0 Å². The molecule has 1 N–H and O–H groups in total. The minimum absolute atomic E-state index is 0.272. The molecule has 0 spiro atoms. The van der Waals surface area contributed by atoms with Crippen molar-refractivity contribution in [2.45, 2.75) is 6.23 Å². The average Bonchev–Trinajstić information content (AvgIpc) is 3.33. The molecule has 6 rings (SSSR count). The van der Waals surface area contributed by atoms with Crippen molar-refractivity contribution in [1.29, 1.82) is 0 Å². The molecule has 0 amide bonds. The van der Waals surface area contributed by atoms with Crippen LogP contribution in [0.15, 0.2) is 116 Å². The lowest BCUT2D eigenvalue weighted by atomic mass is 9.99. The number of rotatable bonds is 4. The number of anilines is 1. The largest absolute Gasteiger partial charge is 0.464 e. The molecule has 0 bridgehead atoms. The smallest absolute Gasteiger partial charge is 0.196 e. The van der Waals surface area contributed by atoms with Gasteiger partial charge < -0.3 is 10.1 Å². The highest BCUT2D eigenvalue weighted by Gasteiger charge is 2.27. The molecule has 0 saturated carbocycles. The molecule has 3 nitrogen and oxygen atoms in total. The first-order chi connectivity index (χ1) is 16.7. The van der Waals surface area contributed by atoms with E-state index in [1.807, 2.05) is 30.5 Å². The molecule has 4 heteroatoms. The zero-order chi connectivity index (χ0) is 22.9. The van der Waals surface area contributed by atoms with Gasteiger partial charge >= 0.3 is 0 Å². The molecule has 0 fully saturated rings. The number of nitrogens with zero attached hydrogens (tertiary/aromatic N) is 1. The maximum Gasteiger partial charge on any atom is 0.196 e.